The molecule has 1 aromatic rings. The summed E-state index contributed by atoms with van der Waals surface area (Å²) >= 11 is 0. The standard InChI is InChI=1S/C15H22N2O/c1-4-15(5-2)8-9-17(11-15)14-7-6-13(10-16-14)12(3)18/h6-7,10H,4-5,8-9,11H2,1-3H3. The second-order valence-electron chi connectivity index (χ2n) is 5.34. The summed E-state index contributed by atoms with van der Waals surface area (Å²) in [5.41, 5.74) is 1.15. The van der Waals surface area contributed by atoms with Crippen molar-refractivity contribution in [3.8, 4) is 0 Å². The average molecular weight is 246 g/mol. The van der Waals surface area contributed by atoms with E-state index in [1.807, 2.05) is 12.1 Å². The molecular weight excluding hydrogens is 224 g/mol. The molecule has 0 aliphatic carbocycles. The Bertz CT molecular complexity index is 421. The lowest BCUT2D eigenvalue weighted by Crippen LogP contribution is -2.26. The Morgan fingerprint density at radius 2 is 2.11 bits per heavy atom. The molecule has 0 amide bonds. The highest BCUT2D eigenvalue weighted by molar-refractivity contribution is 5.93. The van der Waals surface area contributed by atoms with Crippen LogP contribution >= 0.6 is 0 Å². The largest absolute Gasteiger partial charge is 0.356 e. The van der Waals surface area contributed by atoms with E-state index >= 15 is 0 Å². The SMILES string of the molecule is CCC1(CC)CCN(c2ccc(C(C)=O)cn2)C1. The number of aromatic nitrogens is 1. The smallest absolute Gasteiger partial charge is 0.161 e. The van der Waals surface area contributed by atoms with Gasteiger partial charge in [0, 0.05) is 24.8 Å². The molecule has 0 radical (unpaired) electrons. The molecule has 0 atom stereocenters. The topological polar surface area (TPSA) is 33.2 Å². The number of carbonyl (C=O) groups is 1. The Morgan fingerprint density at radius 1 is 1.39 bits per heavy atom. The molecule has 1 saturated heterocycles. The van der Waals surface area contributed by atoms with Crippen molar-refractivity contribution in [1.82, 2.24) is 4.98 Å². The van der Waals surface area contributed by atoms with E-state index in [0.717, 1.165) is 18.9 Å². The van der Waals surface area contributed by atoms with E-state index in [9.17, 15) is 4.79 Å². The van der Waals surface area contributed by atoms with Gasteiger partial charge in [0.05, 0.1) is 0 Å². The molecule has 18 heavy (non-hydrogen) atoms. The van der Waals surface area contributed by atoms with Crippen molar-refractivity contribution in [3.63, 3.8) is 0 Å². The second kappa shape index (κ2) is 5.09. The van der Waals surface area contributed by atoms with Gasteiger partial charge in [-0.1, -0.05) is 13.8 Å². The van der Waals surface area contributed by atoms with E-state index in [4.69, 9.17) is 0 Å². The fourth-order valence-electron chi connectivity index (χ4n) is 2.74. The highest BCUT2D eigenvalue weighted by Gasteiger charge is 2.35. The maximum atomic E-state index is 11.2. The second-order valence-corrected chi connectivity index (χ2v) is 5.34. The minimum Gasteiger partial charge on any atom is -0.356 e. The predicted octanol–water partition coefficient (Wildman–Crippen LogP) is 3.30. The zero-order valence-corrected chi connectivity index (χ0v) is 11.6. The molecule has 2 heterocycles. The lowest BCUT2D eigenvalue weighted by molar-refractivity contribution is 0.101. The highest BCUT2D eigenvalue weighted by Crippen LogP contribution is 2.38. The van der Waals surface area contributed by atoms with Crippen molar-refractivity contribution in [3.05, 3.63) is 23.9 Å². The van der Waals surface area contributed by atoms with Gasteiger partial charge in [0.2, 0.25) is 0 Å². The molecule has 3 heteroatoms. The van der Waals surface area contributed by atoms with Crippen LogP contribution in [0.15, 0.2) is 18.3 Å². The Kier molecular flexibility index (Phi) is 3.69. The molecule has 2 rings (SSSR count). The quantitative estimate of drug-likeness (QED) is 0.764. The Morgan fingerprint density at radius 3 is 2.56 bits per heavy atom. The van der Waals surface area contributed by atoms with Crippen LogP contribution in [0.5, 0.6) is 0 Å². The number of nitrogens with zero attached hydrogens (tertiary/aromatic N) is 2. The number of carbonyl (C=O) groups excluding carboxylic acids is 1. The van der Waals surface area contributed by atoms with Gasteiger partial charge in [-0.3, -0.25) is 4.79 Å². The molecule has 0 N–H and O–H groups in total. The number of rotatable bonds is 4. The maximum Gasteiger partial charge on any atom is 0.161 e. The molecule has 0 bridgehead atoms. The first-order valence-electron chi connectivity index (χ1n) is 6.82. The number of hydrogen-bond acceptors (Lipinski definition) is 3. The first-order chi connectivity index (χ1) is 8.60. The third-order valence-electron chi connectivity index (χ3n) is 4.42. The van der Waals surface area contributed by atoms with Crippen LogP contribution in [-0.4, -0.2) is 23.9 Å². The van der Waals surface area contributed by atoms with E-state index in [0.29, 0.717) is 11.0 Å². The van der Waals surface area contributed by atoms with E-state index in [2.05, 4.69) is 23.7 Å². The zero-order chi connectivity index (χ0) is 13.2. The summed E-state index contributed by atoms with van der Waals surface area (Å²) < 4.78 is 0. The molecule has 0 spiro atoms. The molecule has 0 saturated carbocycles. The summed E-state index contributed by atoms with van der Waals surface area (Å²) in [7, 11) is 0. The van der Waals surface area contributed by atoms with Crippen LogP contribution in [-0.2, 0) is 0 Å². The molecule has 1 fully saturated rings. The van der Waals surface area contributed by atoms with Crippen LogP contribution in [0.3, 0.4) is 0 Å². The summed E-state index contributed by atoms with van der Waals surface area (Å²) in [5.74, 6) is 1.08. The maximum absolute atomic E-state index is 11.2. The minimum atomic E-state index is 0.0759. The van der Waals surface area contributed by atoms with Gasteiger partial charge < -0.3 is 4.90 Å². The first kappa shape index (κ1) is 13.1. The number of hydrogen-bond donors (Lipinski definition) is 0. The van der Waals surface area contributed by atoms with Gasteiger partial charge in [0.15, 0.2) is 5.78 Å². The van der Waals surface area contributed by atoms with Crippen LogP contribution in [0, 0.1) is 5.41 Å². The predicted molar refractivity (Wildman–Crippen MR) is 74.1 cm³/mol. The van der Waals surface area contributed by atoms with Gasteiger partial charge >= 0.3 is 0 Å². The summed E-state index contributed by atoms with van der Waals surface area (Å²) in [4.78, 5) is 18.0. The molecule has 1 aromatic heterocycles. The van der Waals surface area contributed by atoms with Gasteiger partial charge in [0.25, 0.3) is 0 Å². The van der Waals surface area contributed by atoms with E-state index < -0.39 is 0 Å². The van der Waals surface area contributed by atoms with Crippen molar-refractivity contribution in [1.29, 1.82) is 0 Å². The molecule has 1 aliphatic rings. The number of Topliss-reactive ketones (excluding diaryl/α,β-unsaturated/α-hetero) is 1. The average Bonchev–Trinajstić information content (AvgIpc) is 2.84. The summed E-state index contributed by atoms with van der Waals surface area (Å²) in [5, 5.41) is 0. The van der Waals surface area contributed by atoms with Gasteiger partial charge in [-0.05, 0) is 43.7 Å². The van der Waals surface area contributed by atoms with E-state index in [1.54, 1.807) is 13.1 Å². The van der Waals surface area contributed by atoms with Crippen LogP contribution in [0.25, 0.3) is 0 Å². The Hall–Kier alpha value is -1.38. The van der Waals surface area contributed by atoms with Crippen molar-refractivity contribution in [2.24, 2.45) is 5.41 Å². The molecule has 98 valence electrons. The van der Waals surface area contributed by atoms with Crippen LogP contribution in [0.2, 0.25) is 0 Å². The first-order valence-corrected chi connectivity index (χ1v) is 6.82. The number of pyridine rings is 1. The zero-order valence-electron chi connectivity index (χ0n) is 11.6. The summed E-state index contributed by atoms with van der Waals surface area (Å²) in [6.07, 6.45) is 5.39. The summed E-state index contributed by atoms with van der Waals surface area (Å²) in [6.45, 7) is 8.30. The van der Waals surface area contributed by atoms with Crippen molar-refractivity contribution in [2.75, 3.05) is 18.0 Å². The van der Waals surface area contributed by atoms with Gasteiger partial charge in [0.1, 0.15) is 5.82 Å². The van der Waals surface area contributed by atoms with Crippen LogP contribution in [0.1, 0.15) is 50.4 Å². The Labute approximate surface area is 109 Å². The van der Waals surface area contributed by atoms with Crippen LogP contribution in [0.4, 0.5) is 5.82 Å². The van der Waals surface area contributed by atoms with Gasteiger partial charge in [-0.25, -0.2) is 4.98 Å². The van der Waals surface area contributed by atoms with E-state index in [-0.39, 0.29) is 5.78 Å². The highest BCUT2D eigenvalue weighted by atomic mass is 16.1. The van der Waals surface area contributed by atoms with Crippen molar-refractivity contribution >= 4 is 11.6 Å². The number of anilines is 1. The monoisotopic (exact) mass is 246 g/mol. The fraction of sp³-hybridized carbons (Fsp3) is 0.600. The molecule has 0 unspecified atom stereocenters. The van der Waals surface area contributed by atoms with Crippen molar-refractivity contribution < 1.29 is 4.79 Å². The van der Waals surface area contributed by atoms with E-state index in [1.165, 1.54) is 19.3 Å². The fourth-order valence-corrected chi connectivity index (χ4v) is 2.74. The van der Waals surface area contributed by atoms with Gasteiger partial charge in [-0.15, -0.1) is 0 Å². The molecular formula is C15H22N2O. The third-order valence-corrected chi connectivity index (χ3v) is 4.42. The lowest BCUT2D eigenvalue weighted by atomic mass is 9.82. The summed E-state index contributed by atoms with van der Waals surface area (Å²) in [6, 6.07) is 3.85. The lowest BCUT2D eigenvalue weighted by Gasteiger charge is -2.26. The van der Waals surface area contributed by atoms with Crippen molar-refractivity contribution in [2.45, 2.75) is 40.0 Å². The Balaban J connectivity index is 2.12. The normalized spacial score (nSPS) is 18.1. The van der Waals surface area contributed by atoms with Crippen LogP contribution < -0.4 is 4.90 Å². The minimum absolute atomic E-state index is 0.0759. The number of ketones is 1. The van der Waals surface area contributed by atoms with Gasteiger partial charge in [-0.2, -0.15) is 0 Å². The molecule has 3 nitrogen and oxygen atoms in total. The third kappa shape index (κ3) is 2.40. The molecule has 0 aromatic carbocycles. The molecule has 1 aliphatic heterocycles.